The number of rotatable bonds is 14. The number of benzene rings is 5. The van der Waals surface area contributed by atoms with Crippen LogP contribution in [0, 0.1) is 6.92 Å². The molecule has 0 saturated carbocycles. The van der Waals surface area contributed by atoms with Crippen LogP contribution in [0.4, 0.5) is 0 Å². The Hall–Kier alpha value is -2.96. The summed E-state index contributed by atoms with van der Waals surface area (Å²) in [6.07, 6.45) is -0.844. The molecule has 280 valence electrons. The first-order chi connectivity index (χ1) is 25.0. The van der Waals surface area contributed by atoms with E-state index in [1.807, 2.05) is 62.4 Å². The third-order valence-corrected chi connectivity index (χ3v) is 23.1. The number of halogens is 1. The molecule has 1 unspecified atom stereocenters. The quantitative estimate of drug-likeness (QED) is 0.0909. The second-order valence-corrected chi connectivity index (χ2v) is 27.4. The van der Waals surface area contributed by atoms with Gasteiger partial charge in [0.05, 0.1) is 34.1 Å². The van der Waals surface area contributed by atoms with Crippen LogP contribution in [0.25, 0.3) is 0 Å². The molecular weight excluding hydrogens is 773 g/mol. The molecule has 0 radical (unpaired) electrons. The average molecular weight is 828 g/mol. The molecule has 53 heavy (non-hydrogen) atoms. The molecule has 5 rings (SSSR count). The molecule has 5 aromatic rings. The van der Waals surface area contributed by atoms with Gasteiger partial charge in [0.15, 0.2) is 0 Å². The summed E-state index contributed by atoms with van der Waals surface area (Å²) in [5.74, 6) is 0.0991. The molecule has 0 bridgehead atoms. The van der Waals surface area contributed by atoms with E-state index in [2.05, 4.69) is 155 Å². The van der Waals surface area contributed by atoms with Gasteiger partial charge < -0.3 is 14.0 Å². The zero-order valence-corrected chi connectivity index (χ0v) is 36.8. The molecular formula is C45H55BrO4SSi2. The Morgan fingerprint density at radius 1 is 0.604 bits per heavy atom. The summed E-state index contributed by atoms with van der Waals surface area (Å²) in [4.78, 5) is 0.131. The Morgan fingerprint density at radius 3 is 1.32 bits per heavy atom. The summed E-state index contributed by atoms with van der Waals surface area (Å²) in [5, 5.41) is 16.9. The monoisotopic (exact) mass is 826 g/mol. The van der Waals surface area contributed by atoms with Gasteiger partial charge >= 0.3 is 0 Å². The van der Waals surface area contributed by atoms with Gasteiger partial charge in [-0.05, 0) is 56.8 Å². The van der Waals surface area contributed by atoms with Crippen molar-refractivity contribution in [2.75, 3.05) is 12.4 Å². The zero-order valence-electron chi connectivity index (χ0n) is 32.4. The van der Waals surface area contributed by atoms with E-state index in [0.717, 1.165) is 15.9 Å². The van der Waals surface area contributed by atoms with Crippen LogP contribution < -0.4 is 20.7 Å². The Bertz CT molecular complexity index is 1830. The Kier molecular flexibility index (Phi) is 13.1. The lowest BCUT2D eigenvalue weighted by Crippen LogP contribution is -2.71. The van der Waals surface area contributed by atoms with E-state index in [4.69, 9.17) is 8.85 Å². The van der Waals surface area contributed by atoms with Crippen molar-refractivity contribution in [3.8, 4) is 0 Å². The highest BCUT2D eigenvalue weighted by Crippen LogP contribution is 2.41. The van der Waals surface area contributed by atoms with Gasteiger partial charge in [-0.1, -0.05) is 196 Å². The van der Waals surface area contributed by atoms with Crippen molar-refractivity contribution < 1.29 is 18.2 Å². The van der Waals surface area contributed by atoms with Gasteiger partial charge in [-0.25, -0.2) is 0 Å². The second-order valence-electron chi connectivity index (χ2n) is 16.3. The number of alkyl halides is 1. The molecule has 1 N–H and O–H groups in total. The molecule has 4 atom stereocenters. The van der Waals surface area contributed by atoms with E-state index < -0.39 is 44.0 Å². The third-order valence-electron chi connectivity index (χ3n) is 10.5. The Balaban J connectivity index is 1.63. The molecule has 0 aliphatic rings. The molecule has 0 heterocycles. The minimum Gasteiger partial charge on any atom is -0.406 e. The normalized spacial score (nSPS) is 15.7. The molecule has 0 aliphatic carbocycles. The number of aryl methyl sites for hydroxylation is 1. The lowest BCUT2D eigenvalue weighted by molar-refractivity contribution is -0.0478. The van der Waals surface area contributed by atoms with E-state index in [9.17, 15) is 9.32 Å². The summed E-state index contributed by atoms with van der Waals surface area (Å²) < 4.78 is 29.4. The Morgan fingerprint density at radius 2 is 0.962 bits per heavy atom. The van der Waals surface area contributed by atoms with E-state index in [0.29, 0.717) is 4.90 Å². The molecule has 5 aromatic carbocycles. The van der Waals surface area contributed by atoms with Crippen LogP contribution in [-0.4, -0.2) is 54.8 Å². The molecule has 0 spiro atoms. The van der Waals surface area contributed by atoms with Crippen LogP contribution in [0.2, 0.25) is 10.1 Å². The largest absolute Gasteiger partial charge is 0.406 e. The number of hydrogen-bond donors (Lipinski definition) is 1. The minimum absolute atomic E-state index is 0.0991. The van der Waals surface area contributed by atoms with Crippen LogP contribution in [-0.2, 0) is 19.7 Å². The van der Waals surface area contributed by atoms with Gasteiger partial charge in [-0.3, -0.25) is 4.21 Å². The molecule has 0 aliphatic heterocycles. The SMILES string of the molecule is Cc1ccc(S(=O)C[C@H](O[Si](c2ccccc2)(c2ccccc2)C(C)(C)C)[C@@](C)(O)[C@H](Br)CO[Si](c2ccccc2)(c2ccccc2)C(C)(C)C)cc1. The molecule has 0 saturated heterocycles. The molecule has 0 aromatic heterocycles. The average Bonchev–Trinajstić information content (AvgIpc) is 3.14. The van der Waals surface area contributed by atoms with Crippen molar-refractivity contribution >= 4 is 64.1 Å². The first-order valence-electron chi connectivity index (χ1n) is 18.4. The summed E-state index contributed by atoms with van der Waals surface area (Å²) >= 11 is 3.97. The van der Waals surface area contributed by atoms with Crippen molar-refractivity contribution in [1.82, 2.24) is 0 Å². The van der Waals surface area contributed by atoms with Crippen molar-refractivity contribution in [3.05, 3.63) is 151 Å². The van der Waals surface area contributed by atoms with Crippen LogP contribution in [0.5, 0.6) is 0 Å². The lowest BCUT2D eigenvalue weighted by Gasteiger charge is -2.49. The number of hydrogen-bond acceptors (Lipinski definition) is 4. The smallest absolute Gasteiger partial charge is 0.261 e. The van der Waals surface area contributed by atoms with Gasteiger partial charge in [-0.15, -0.1) is 0 Å². The minimum atomic E-state index is -3.19. The zero-order chi connectivity index (χ0) is 38.5. The van der Waals surface area contributed by atoms with Crippen molar-refractivity contribution in [2.24, 2.45) is 0 Å². The summed E-state index contributed by atoms with van der Waals surface area (Å²) in [6.45, 7) is 17.5. The van der Waals surface area contributed by atoms with E-state index in [-0.39, 0.29) is 22.4 Å². The second kappa shape index (κ2) is 16.8. The summed E-state index contributed by atoms with van der Waals surface area (Å²) in [5.41, 5.74) is -0.419. The maximum atomic E-state index is 14.4. The molecule has 8 heteroatoms. The van der Waals surface area contributed by atoms with E-state index in [1.165, 1.54) is 10.4 Å². The number of aliphatic hydroxyl groups is 1. The van der Waals surface area contributed by atoms with E-state index in [1.54, 1.807) is 0 Å². The molecule has 0 fully saturated rings. The third kappa shape index (κ3) is 8.65. The first kappa shape index (κ1) is 41.2. The maximum Gasteiger partial charge on any atom is 0.261 e. The predicted molar refractivity (Wildman–Crippen MR) is 232 cm³/mol. The maximum absolute atomic E-state index is 14.4. The van der Waals surface area contributed by atoms with Crippen molar-refractivity contribution in [3.63, 3.8) is 0 Å². The highest BCUT2D eigenvalue weighted by atomic mass is 79.9. The fourth-order valence-electron chi connectivity index (χ4n) is 7.48. The summed E-state index contributed by atoms with van der Waals surface area (Å²) in [7, 11) is -7.59. The van der Waals surface area contributed by atoms with Crippen LogP contribution in [0.15, 0.2) is 150 Å². The standard InChI is InChI=1S/C45H55BrO4SSi2/c1-35-29-31-36(32-30-35)51(48)34-42(50-53(44(5,6)7,39-25-17-11-18-26-39)40-27-19-12-20-28-40)45(8,47)41(46)33-49-52(43(2,3)4,37-21-13-9-14-22-37)38-23-15-10-16-24-38/h9-32,41-42,47H,33-34H2,1-8H3/t41-,42+,45+,51?/m1/s1. The van der Waals surface area contributed by atoms with Gasteiger partial charge in [0.2, 0.25) is 0 Å². The Labute approximate surface area is 330 Å². The molecule has 4 nitrogen and oxygen atoms in total. The van der Waals surface area contributed by atoms with E-state index >= 15 is 0 Å². The van der Waals surface area contributed by atoms with Crippen molar-refractivity contribution in [1.29, 1.82) is 0 Å². The topological polar surface area (TPSA) is 55.8 Å². The predicted octanol–water partition coefficient (Wildman–Crippen LogP) is 8.14. The van der Waals surface area contributed by atoms with Crippen LogP contribution >= 0.6 is 15.9 Å². The summed E-state index contributed by atoms with van der Waals surface area (Å²) in [6, 6.07) is 49.7. The highest BCUT2D eigenvalue weighted by molar-refractivity contribution is 9.09. The van der Waals surface area contributed by atoms with Gasteiger partial charge in [0, 0.05) is 4.90 Å². The molecule has 0 amide bonds. The highest BCUT2D eigenvalue weighted by Gasteiger charge is 2.56. The first-order valence-corrected chi connectivity index (χ1v) is 24.4. The van der Waals surface area contributed by atoms with Crippen molar-refractivity contribution in [2.45, 2.75) is 86.9 Å². The van der Waals surface area contributed by atoms with Gasteiger partial charge in [0.1, 0.15) is 5.60 Å². The van der Waals surface area contributed by atoms with Gasteiger partial charge in [0.25, 0.3) is 16.6 Å². The van der Waals surface area contributed by atoms with Crippen LogP contribution in [0.1, 0.15) is 54.0 Å². The fraction of sp³-hybridized carbons (Fsp3) is 0.333. The fourth-order valence-corrected chi connectivity index (χ4v) is 18.9. The lowest BCUT2D eigenvalue weighted by atomic mass is 9.97. The van der Waals surface area contributed by atoms with Crippen LogP contribution in [0.3, 0.4) is 0 Å². The van der Waals surface area contributed by atoms with Gasteiger partial charge in [-0.2, -0.15) is 0 Å².